The molecule has 9 heteroatoms. The van der Waals surface area contributed by atoms with Crippen LogP contribution in [0.3, 0.4) is 0 Å². The lowest BCUT2D eigenvalue weighted by Gasteiger charge is -2.30. The number of aryl methyl sites for hydroxylation is 1. The van der Waals surface area contributed by atoms with Gasteiger partial charge >= 0.3 is 0 Å². The maximum absolute atomic E-state index is 13.7. The van der Waals surface area contributed by atoms with Crippen LogP contribution < -0.4 is 5.32 Å². The minimum atomic E-state index is -0.777. The lowest BCUT2D eigenvalue weighted by atomic mass is 9.87. The first-order valence-corrected chi connectivity index (χ1v) is 14.6. The van der Waals surface area contributed by atoms with Gasteiger partial charge in [-0.25, -0.2) is 4.39 Å². The van der Waals surface area contributed by atoms with Crippen molar-refractivity contribution in [2.45, 2.75) is 19.8 Å². The number of hydrogen-bond donors (Lipinski definition) is 2. The normalized spacial score (nSPS) is 19.0. The van der Waals surface area contributed by atoms with Gasteiger partial charge in [-0.3, -0.25) is 19.6 Å². The number of nitrogens with zero attached hydrogens (tertiary/aromatic N) is 3. The molecule has 0 radical (unpaired) electrons. The molecule has 0 bridgehead atoms. The molecule has 2 N–H and O–H groups in total. The molecule has 3 heterocycles. The number of hydrogen-bond acceptors (Lipinski definition) is 5. The summed E-state index contributed by atoms with van der Waals surface area (Å²) in [6.45, 7) is 4.97. The maximum Gasteiger partial charge on any atom is 0.237 e. The first kappa shape index (κ1) is 28.8. The Labute approximate surface area is 250 Å². The predicted octanol–water partition coefficient (Wildman–Crippen LogP) is 5.27. The number of rotatable bonds is 8. The largest absolute Gasteiger partial charge is 0.384 e. The second kappa shape index (κ2) is 12.1. The predicted molar refractivity (Wildman–Crippen MR) is 166 cm³/mol. The van der Waals surface area contributed by atoms with Crippen molar-refractivity contribution in [3.05, 3.63) is 89.8 Å². The van der Waals surface area contributed by atoms with E-state index >= 15 is 0 Å². The fourth-order valence-corrected chi connectivity index (χ4v) is 6.22. The minimum absolute atomic E-state index is 0.0758. The van der Waals surface area contributed by atoms with Crippen LogP contribution in [-0.2, 0) is 14.3 Å². The molecule has 8 nitrogen and oxygen atoms in total. The Kier molecular flexibility index (Phi) is 8.10. The monoisotopic (exact) mass is 581 g/mol. The van der Waals surface area contributed by atoms with E-state index in [1.807, 2.05) is 23.1 Å². The van der Waals surface area contributed by atoms with Crippen LogP contribution >= 0.6 is 0 Å². The molecule has 43 heavy (non-hydrogen) atoms. The number of carbonyl (C=O) groups excluding carboxylic acids is 2. The van der Waals surface area contributed by atoms with Crippen molar-refractivity contribution < 1.29 is 18.7 Å². The number of halogens is 1. The van der Waals surface area contributed by atoms with E-state index in [1.165, 1.54) is 28.8 Å². The summed E-state index contributed by atoms with van der Waals surface area (Å²) in [5.74, 6) is -0.376. The van der Waals surface area contributed by atoms with E-state index in [0.29, 0.717) is 44.0 Å². The lowest BCUT2D eigenvalue weighted by molar-refractivity contribution is -0.133. The van der Waals surface area contributed by atoms with Gasteiger partial charge in [0.25, 0.3) is 0 Å². The summed E-state index contributed by atoms with van der Waals surface area (Å²) in [7, 11) is 1.60. The lowest BCUT2D eigenvalue weighted by Crippen LogP contribution is -2.45. The molecule has 0 spiro atoms. The third-order valence-corrected chi connectivity index (χ3v) is 8.58. The number of aromatic amines is 1. The molecule has 2 amide bonds. The van der Waals surface area contributed by atoms with Gasteiger partial charge in [0.1, 0.15) is 5.82 Å². The third kappa shape index (κ3) is 6.09. The van der Waals surface area contributed by atoms with Gasteiger partial charge in [-0.2, -0.15) is 5.10 Å². The quantitative estimate of drug-likeness (QED) is 0.296. The van der Waals surface area contributed by atoms with Crippen molar-refractivity contribution in [3.63, 3.8) is 0 Å². The van der Waals surface area contributed by atoms with Crippen LogP contribution in [0.15, 0.2) is 72.8 Å². The Hall–Kier alpha value is -4.34. The molecule has 0 saturated carbocycles. The third-order valence-electron chi connectivity index (χ3n) is 8.58. The van der Waals surface area contributed by atoms with E-state index in [-0.39, 0.29) is 30.8 Å². The molecule has 4 aromatic rings. The molecule has 1 saturated heterocycles. The fourth-order valence-electron chi connectivity index (χ4n) is 6.22. The van der Waals surface area contributed by atoms with Crippen LogP contribution in [0.1, 0.15) is 24.0 Å². The number of fused-ring (bicyclic) bond motifs is 1. The Balaban J connectivity index is 1.11. The zero-order valence-corrected chi connectivity index (χ0v) is 24.5. The van der Waals surface area contributed by atoms with Gasteiger partial charge in [-0.15, -0.1) is 0 Å². The van der Waals surface area contributed by atoms with Gasteiger partial charge in [0.2, 0.25) is 11.8 Å². The Bertz CT molecular complexity index is 1680. The summed E-state index contributed by atoms with van der Waals surface area (Å²) < 4.78 is 19.0. The van der Waals surface area contributed by atoms with Crippen molar-refractivity contribution in [2.75, 3.05) is 51.8 Å². The zero-order valence-electron chi connectivity index (χ0n) is 24.5. The first-order valence-electron chi connectivity index (χ1n) is 14.6. The Morgan fingerprint density at radius 1 is 1.07 bits per heavy atom. The highest BCUT2D eigenvalue weighted by atomic mass is 19.1. The molecule has 0 aliphatic carbocycles. The number of carbonyl (C=O) groups is 2. The number of benzene rings is 3. The molecule has 222 valence electrons. The second-order valence-electron chi connectivity index (χ2n) is 11.7. The van der Waals surface area contributed by atoms with E-state index in [1.54, 1.807) is 19.2 Å². The van der Waals surface area contributed by atoms with E-state index in [9.17, 15) is 14.0 Å². The van der Waals surface area contributed by atoms with E-state index in [2.05, 4.69) is 57.7 Å². The van der Waals surface area contributed by atoms with Gasteiger partial charge in [-0.05, 0) is 79.9 Å². The van der Waals surface area contributed by atoms with Gasteiger partial charge in [0, 0.05) is 43.4 Å². The standard InChI is InChI=1S/C34H36FN5O3/c1-23-4-3-5-26(18-23)24-12-15-40(16-13-24)31(41)20-39-17-14-34(21-39,22-43-2)33(42)36-28-10-11-30-29(19-28)32(38-37-30)25-6-8-27(35)9-7-25/h3-12,18-19H,13-17,20-22H2,1-2H3,(H,36,42)(H,37,38). The summed E-state index contributed by atoms with van der Waals surface area (Å²) in [5, 5.41) is 11.3. The highest BCUT2D eigenvalue weighted by Gasteiger charge is 2.45. The van der Waals surface area contributed by atoms with E-state index in [0.717, 1.165) is 22.9 Å². The molecule has 1 unspecified atom stereocenters. The summed E-state index contributed by atoms with van der Waals surface area (Å²) in [6.07, 6.45) is 3.57. The van der Waals surface area contributed by atoms with Crippen LogP contribution in [0, 0.1) is 18.2 Å². The second-order valence-corrected chi connectivity index (χ2v) is 11.7. The molecule has 2 aliphatic rings. The molecular weight excluding hydrogens is 545 g/mol. The number of likely N-dealkylation sites (tertiary alicyclic amines) is 1. The average Bonchev–Trinajstić information content (AvgIpc) is 3.62. The smallest absolute Gasteiger partial charge is 0.237 e. The zero-order chi connectivity index (χ0) is 30.0. The summed E-state index contributed by atoms with van der Waals surface area (Å²) in [5.41, 5.74) is 5.86. The Morgan fingerprint density at radius 2 is 1.91 bits per heavy atom. The van der Waals surface area contributed by atoms with Crippen LogP contribution in [0.25, 0.3) is 27.7 Å². The average molecular weight is 582 g/mol. The SMILES string of the molecule is COCC1(C(=O)Nc2ccc3[nH]nc(-c4ccc(F)cc4)c3c2)CCN(CC(=O)N2CC=C(c3cccc(C)c3)CC2)C1. The number of ether oxygens (including phenoxy) is 1. The highest BCUT2D eigenvalue weighted by Crippen LogP contribution is 2.34. The van der Waals surface area contributed by atoms with Crippen molar-refractivity contribution in [2.24, 2.45) is 5.41 Å². The van der Waals surface area contributed by atoms with Crippen molar-refractivity contribution in [1.82, 2.24) is 20.0 Å². The van der Waals surface area contributed by atoms with Crippen molar-refractivity contribution >= 4 is 34.0 Å². The first-order chi connectivity index (χ1) is 20.8. The van der Waals surface area contributed by atoms with Crippen LogP contribution in [0.2, 0.25) is 0 Å². The number of anilines is 1. The molecule has 1 atom stereocenters. The topological polar surface area (TPSA) is 90.6 Å². The van der Waals surface area contributed by atoms with Gasteiger partial charge < -0.3 is 15.0 Å². The summed E-state index contributed by atoms with van der Waals surface area (Å²) in [4.78, 5) is 30.9. The number of methoxy groups -OCH3 is 1. The molecule has 1 fully saturated rings. The summed E-state index contributed by atoms with van der Waals surface area (Å²) >= 11 is 0. The fraction of sp³-hybridized carbons (Fsp3) is 0.324. The molecular formula is C34H36FN5O3. The molecule has 2 aliphatic heterocycles. The number of nitrogens with one attached hydrogen (secondary N) is 2. The number of amides is 2. The van der Waals surface area contributed by atoms with Crippen LogP contribution in [0.5, 0.6) is 0 Å². The van der Waals surface area contributed by atoms with Crippen LogP contribution in [0.4, 0.5) is 10.1 Å². The minimum Gasteiger partial charge on any atom is -0.384 e. The Morgan fingerprint density at radius 3 is 2.65 bits per heavy atom. The van der Waals surface area contributed by atoms with E-state index in [4.69, 9.17) is 4.74 Å². The van der Waals surface area contributed by atoms with Gasteiger partial charge in [-0.1, -0.05) is 35.9 Å². The maximum atomic E-state index is 13.7. The van der Waals surface area contributed by atoms with Gasteiger partial charge in [0.05, 0.1) is 29.8 Å². The van der Waals surface area contributed by atoms with Crippen molar-refractivity contribution in [1.29, 1.82) is 0 Å². The highest BCUT2D eigenvalue weighted by molar-refractivity contribution is 6.00. The molecule has 6 rings (SSSR count). The van der Waals surface area contributed by atoms with E-state index < -0.39 is 5.41 Å². The van der Waals surface area contributed by atoms with Crippen molar-refractivity contribution in [3.8, 4) is 11.3 Å². The number of aromatic nitrogens is 2. The number of H-pyrrole nitrogens is 1. The van der Waals surface area contributed by atoms with Crippen LogP contribution in [-0.4, -0.2) is 78.3 Å². The summed E-state index contributed by atoms with van der Waals surface area (Å²) in [6, 6.07) is 20.2. The van der Waals surface area contributed by atoms with Gasteiger partial charge in [0.15, 0.2) is 0 Å². The molecule has 1 aromatic heterocycles. The molecule has 3 aromatic carbocycles.